The van der Waals surface area contributed by atoms with E-state index in [1.165, 1.54) is 141 Å². The number of allylic oxidation sites excluding steroid dienone is 4. The lowest BCUT2D eigenvalue weighted by molar-refractivity contribution is -0.129. The van der Waals surface area contributed by atoms with Crippen LogP contribution in [0.3, 0.4) is 0 Å². The van der Waals surface area contributed by atoms with Gasteiger partial charge in [0.1, 0.15) is 11.6 Å². The minimum absolute atomic E-state index is 0.138. The molecule has 1 unspecified atom stereocenters. The van der Waals surface area contributed by atoms with E-state index in [2.05, 4.69) is 43.1 Å². The number of Topliss-reactive ketones (excluding diaryl/α,β-unsaturated/α-hetero) is 2. The number of ether oxygens (including phenoxy) is 1. The molecule has 4 heteroatoms. The molecule has 0 aliphatic carbocycles. The zero-order valence-electron chi connectivity index (χ0n) is 31.6. The van der Waals surface area contributed by atoms with E-state index in [1.807, 2.05) is 0 Å². The van der Waals surface area contributed by atoms with Crippen molar-refractivity contribution in [1.82, 2.24) is 4.90 Å². The van der Waals surface area contributed by atoms with Crippen LogP contribution >= 0.6 is 0 Å². The second-order valence-corrected chi connectivity index (χ2v) is 14.5. The number of unbranched alkanes of at least 4 members (excludes halogenated alkanes) is 22. The van der Waals surface area contributed by atoms with Crippen LogP contribution in [0, 0.1) is 5.92 Å². The van der Waals surface area contributed by atoms with Gasteiger partial charge in [0.25, 0.3) is 0 Å². The third kappa shape index (κ3) is 29.4. The van der Waals surface area contributed by atoms with Crippen molar-refractivity contribution in [2.24, 2.45) is 5.92 Å². The first kappa shape index (κ1) is 43.8. The van der Waals surface area contributed by atoms with Gasteiger partial charge in [-0.25, -0.2) is 0 Å². The van der Waals surface area contributed by atoms with E-state index in [1.54, 1.807) is 0 Å². The fourth-order valence-electron chi connectivity index (χ4n) is 6.72. The van der Waals surface area contributed by atoms with E-state index in [4.69, 9.17) is 4.74 Å². The Balaban J connectivity index is 2.14. The molecule has 0 saturated carbocycles. The number of ketones is 2. The molecule has 0 amide bonds. The zero-order chi connectivity index (χ0) is 33.9. The SMILES string of the molecule is CCCCCCCCC=CCCCCCCCC(=O)CC(CN1CCOCC1)C(=O)CCCCCCCC=CCCCCCCCC. The number of nitrogens with zero attached hydrogens (tertiary/aromatic N) is 1. The van der Waals surface area contributed by atoms with Gasteiger partial charge in [0.05, 0.1) is 13.2 Å². The Hall–Kier alpha value is -1.26. The van der Waals surface area contributed by atoms with Crippen LogP contribution in [-0.4, -0.2) is 49.3 Å². The van der Waals surface area contributed by atoms with Crippen molar-refractivity contribution < 1.29 is 14.3 Å². The Morgan fingerprint density at radius 1 is 0.532 bits per heavy atom. The normalized spacial score (nSPS) is 14.9. The Labute approximate surface area is 293 Å². The Morgan fingerprint density at radius 3 is 1.36 bits per heavy atom. The van der Waals surface area contributed by atoms with Crippen molar-refractivity contribution in [1.29, 1.82) is 0 Å². The van der Waals surface area contributed by atoms with Gasteiger partial charge in [-0.1, -0.05) is 141 Å². The fourth-order valence-corrected chi connectivity index (χ4v) is 6.72. The van der Waals surface area contributed by atoms with E-state index in [-0.39, 0.29) is 5.92 Å². The highest BCUT2D eigenvalue weighted by Crippen LogP contribution is 2.18. The lowest BCUT2D eigenvalue weighted by atomic mass is 9.91. The summed E-state index contributed by atoms with van der Waals surface area (Å²) in [6, 6.07) is 0. The molecule has 1 saturated heterocycles. The summed E-state index contributed by atoms with van der Waals surface area (Å²) in [5, 5.41) is 0. The third-order valence-electron chi connectivity index (χ3n) is 9.91. The minimum atomic E-state index is -0.138. The van der Waals surface area contributed by atoms with Crippen molar-refractivity contribution in [3.8, 4) is 0 Å². The summed E-state index contributed by atoms with van der Waals surface area (Å²) in [4.78, 5) is 28.5. The van der Waals surface area contributed by atoms with E-state index in [0.717, 1.165) is 58.5 Å². The maximum absolute atomic E-state index is 13.3. The summed E-state index contributed by atoms with van der Waals surface area (Å²) in [5.74, 6) is 0.464. The molecule has 0 N–H and O–H groups in total. The van der Waals surface area contributed by atoms with Gasteiger partial charge in [0.15, 0.2) is 0 Å². The maximum atomic E-state index is 13.3. The van der Waals surface area contributed by atoms with Crippen molar-refractivity contribution in [3.05, 3.63) is 24.3 Å². The third-order valence-corrected chi connectivity index (χ3v) is 9.91. The van der Waals surface area contributed by atoms with Gasteiger partial charge in [-0.3, -0.25) is 14.5 Å². The number of carbonyl (C=O) groups is 2. The fraction of sp³-hybridized carbons (Fsp3) is 0.860. The highest BCUT2D eigenvalue weighted by atomic mass is 16.5. The van der Waals surface area contributed by atoms with Crippen LogP contribution in [0.2, 0.25) is 0 Å². The molecule has 0 bridgehead atoms. The summed E-state index contributed by atoms with van der Waals surface area (Å²) < 4.78 is 5.52. The monoisotopic (exact) mass is 658 g/mol. The number of morpholine rings is 1. The Morgan fingerprint density at radius 2 is 0.915 bits per heavy atom. The highest BCUT2D eigenvalue weighted by Gasteiger charge is 2.25. The van der Waals surface area contributed by atoms with Crippen molar-refractivity contribution in [2.75, 3.05) is 32.8 Å². The largest absolute Gasteiger partial charge is 0.379 e. The molecule has 1 fully saturated rings. The van der Waals surface area contributed by atoms with Crippen LogP contribution < -0.4 is 0 Å². The first-order valence-electron chi connectivity index (χ1n) is 20.8. The van der Waals surface area contributed by atoms with Crippen molar-refractivity contribution in [3.63, 3.8) is 0 Å². The predicted octanol–water partition coefficient (Wildman–Crippen LogP) is 12.5. The van der Waals surface area contributed by atoms with Crippen molar-refractivity contribution >= 4 is 11.6 Å². The average molecular weight is 658 g/mol. The van der Waals surface area contributed by atoms with E-state index < -0.39 is 0 Å². The number of hydrogen-bond donors (Lipinski definition) is 0. The molecule has 0 aromatic heterocycles. The Kier molecular flexibility index (Phi) is 32.2. The lowest BCUT2D eigenvalue weighted by Crippen LogP contribution is -2.41. The summed E-state index contributed by atoms with van der Waals surface area (Å²) in [6.45, 7) is 8.49. The number of hydrogen-bond acceptors (Lipinski definition) is 4. The molecule has 47 heavy (non-hydrogen) atoms. The molecule has 1 atom stereocenters. The first-order chi connectivity index (χ1) is 23.2. The van der Waals surface area contributed by atoms with Gasteiger partial charge < -0.3 is 4.74 Å². The van der Waals surface area contributed by atoms with Crippen LogP contribution in [0.4, 0.5) is 0 Å². The van der Waals surface area contributed by atoms with E-state index in [0.29, 0.717) is 30.8 Å². The first-order valence-corrected chi connectivity index (χ1v) is 20.8. The standard InChI is InChI=1S/C43H79NO3/c1-3-5-7-9-11-13-15-17-19-21-23-25-27-29-31-33-42(45)39-41(40-44-35-37-47-38-36-44)43(46)34-32-30-28-26-24-22-20-18-16-14-12-10-8-6-4-2/h17-20,41H,3-16,21-40H2,1-2H3. The smallest absolute Gasteiger partial charge is 0.137 e. The summed E-state index contributed by atoms with van der Waals surface area (Å²) in [6.07, 6.45) is 44.1. The van der Waals surface area contributed by atoms with Crippen LogP contribution in [0.5, 0.6) is 0 Å². The van der Waals surface area contributed by atoms with Gasteiger partial charge in [-0.15, -0.1) is 0 Å². The molecule has 0 aromatic carbocycles. The van der Waals surface area contributed by atoms with E-state index >= 15 is 0 Å². The van der Waals surface area contributed by atoms with Gasteiger partial charge >= 0.3 is 0 Å². The van der Waals surface area contributed by atoms with Gasteiger partial charge in [-0.05, 0) is 64.2 Å². The summed E-state index contributed by atoms with van der Waals surface area (Å²) in [7, 11) is 0. The van der Waals surface area contributed by atoms with Gasteiger partial charge in [0.2, 0.25) is 0 Å². The lowest BCUT2D eigenvalue weighted by Gasteiger charge is -2.29. The predicted molar refractivity (Wildman–Crippen MR) is 204 cm³/mol. The number of carbonyl (C=O) groups excluding carboxylic acids is 2. The quantitative estimate of drug-likeness (QED) is 0.0502. The van der Waals surface area contributed by atoms with Crippen molar-refractivity contribution in [2.45, 2.75) is 200 Å². The van der Waals surface area contributed by atoms with Crippen LogP contribution in [-0.2, 0) is 14.3 Å². The zero-order valence-corrected chi connectivity index (χ0v) is 31.6. The summed E-state index contributed by atoms with van der Waals surface area (Å²) in [5.41, 5.74) is 0. The molecule has 0 aromatic rings. The highest BCUT2D eigenvalue weighted by molar-refractivity contribution is 5.88. The van der Waals surface area contributed by atoms with Gasteiger partial charge in [-0.2, -0.15) is 0 Å². The molecular weight excluding hydrogens is 578 g/mol. The maximum Gasteiger partial charge on any atom is 0.137 e. The van der Waals surface area contributed by atoms with E-state index in [9.17, 15) is 9.59 Å². The second kappa shape index (κ2) is 34.6. The molecule has 4 nitrogen and oxygen atoms in total. The van der Waals surface area contributed by atoms with Crippen LogP contribution in [0.15, 0.2) is 24.3 Å². The van der Waals surface area contributed by atoms with Gasteiger partial charge in [0, 0.05) is 44.8 Å². The Bertz CT molecular complexity index is 754. The molecule has 274 valence electrons. The van der Waals surface area contributed by atoms with Crippen LogP contribution in [0.1, 0.15) is 200 Å². The minimum Gasteiger partial charge on any atom is -0.379 e. The molecule has 1 aliphatic heterocycles. The molecule has 0 spiro atoms. The molecular formula is C43H79NO3. The topological polar surface area (TPSA) is 46.6 Å². The number of rotatable bonds is 35. The van der Waals surface area contributed by atoms with Crippen LogP contribution in [0.25, 0.3) is 0 Å². The molecule has 1 rings (SSSR count). The molecule has 0 radical (unpaired) electrons. The average Bonchev–Trinajstić information content (AvgIpc) is 3.08. The summed E-state index contributed by atoms with van der Waals surface area (Å²) >= 11 is 0. The molecule has 1 heterocycles. The second-order valence-electron chi connectivity index (χ2n) is 14.5. The molecule has 1 aliphatic rings.